The molecule has 3 heteroatoms. The second-order valence-electron chi connectivity index (χ2n) is 6.99. The molecule has 26 heavy (non-hydrogen) atoms. The minimum atomic E-state index is -0.0502. The normalized spacial score (nSPS) is 15.8. The van der Waals surface area contributed by atoms with E-state index >= 15 is 0 Å². The van der Waals surface area contributed by atoms with E-state index in [1.54, 1.807) is 0 Å². The van der Waals surface area contributed by atoms with E-state index in [4.69, 9.17) is 0 Å². The van der Waals surface area contributed by atoms with Gasteiger partial charge in [0, 0.05) is 35.6 Å². The summed E-state index contributed by atoms with van der Waals surface area (Å²) in [5, 5.41) is 3.62. The highest BCUT2D eigenvalue weighted by Gasteiger charge is 2.31. The van der Waals surface area contributed by atoms with E-state index < -0.39 is 0 Å². The van der Waals surface area contributed by atoms with Crippen LogP contribution in [-0.2, 0) is 4.79 Å². The molecule has 0 radical (unpaired) electrons. The number of hydrogen-bond donors (Lipinski definition) is 1. The summed E-state index contributed by atoms with van der Waals surface area (Å²) < 4.78 is 0. The fraction of sp³-hybridized carbons (Fsp3) is 0.174. The summed E-state index contributed by atoms with van der Waals surface area (Å²) in [6.07, 6.45) is 3.65. The molecule has 3 aromatic carbocycles. The fourth-order valence-electron chi connectivity index (χ4n) is 4.17. The number of rotatable bonds is 3. The van der Waals surface area contributed by atoms with E-state index in [1.165, 1.54) is 27.3 Å². The molecular formula is C23H20N2O. The standard InChI is InChI=1S/C23H20N2O/c26-22-10-5-13-25(22)23(20-15-24-21-9-4-3-8-19(20)21)18-12-11-16-6-1-2-7-17(16)14-18/h1-4,6-9,11-12,14-15,23-24H,5,10,13H2. The van der Waals surface area contributed by atoms with Crippen molar-refractivity contribution in [2.24, 2.45) is 0 Å². The Balaban J connectivity index is 1.72. The van der Waals surface area contributed by atoms with E-state index in [2.05, 4.69) is 71.8 Å². The first-order valence-electron chi connectivity index (χ1n) is 9.15. The van der Waals surface area contributed by atoms with Crippen LogP contribution < -0.4 is 0 Å². The number of aromatic amines is 1. The van der Waals surface area contributed by atoms with Gasteiger partial charge in [-0.15, -0.1) is 0 Å². The maximum atomic E-state index is 12.6. The third-order valence-electron chi connectivity index (χ3n) is 5.43. The minimum absolute atomic E-state index is 0.0502. The molecule has 3 nitrogen and oxygen atoms in total. The van der Waals surface area contributed by atoms with Crippen molar-refractivity contribution in [3.05, 3.63) is 84.1 Å². The Hall–Kier alpha value is -3.07. The molecule has 1 fully saturated rings. The van der Waals surface area contributed by atoms with Crippen molar-refractivity contribution in [2.75, 3.05) is 6.54 Å². The predicted octanol–water partition coefficient (Wildman–Crippen LogP) is 5.03. The number of para-hydroxylation sites is 1. The van der Waals surface area contributed by atoms with Gasteiger partial charge < -0.3 is 9.88 Å². The van der Waals surface area contributed by atoms with Crippen LogP contribution in [0.4, 0.5) is 0 Å². The lowest BCUT2D eigenvalue weighted by molar-refractivity contribution is -0.129. The Bertz CT molecular complexity index is 1110. The van der Waals surface area contributed by atoms with Crippen molar-refractivity contribution in [3.63, 3.8) is 0 Å². The number of benzene rings is 3. The molecule has 128 valence electrons. The molecule has 4 aromatic rings. The maximum absolute atomic E-state index is 12.6. The van der Waals surface area contributed by atoms with Gasteiger partial charge in [-0.05, 0) is 34.9 Å². The molecule has 1 aliphatic heterocycles. The Morgan fingerprint density at radius 2 is 1.73 bits per heavy atom. The average molecular weight is 340 g/mol. The number of amides is 1. The van der Waals surface area contributed by atoms with Crippen LogP contribution in [0.5, 0.6) is 0 Å². The summed E-state index contributed by atoms with van der Waals surface area (Å²) in [5.41, 5.74) is 3.45. The van der Waals surface area contributed by atoms with E-state index in [9.17, 15) is 4.79 Å². The van der Waals surface area contributed by atoms with Gasteiger partial charge in [0.15, 0.2) is 0 Å². The van der Waals surface area contributed by atoms with Gasteiger partial charge in [0.1, 0.15) is 0 Å². The molecule has 1 amide bonds. The number of aromatic nitrogens is 1. The zero-order valence-electron chi connectivity index (χ0n) is 14.5. The Labute approximate surface area is 152 Å². The molecule has 2 heterocycles. The molecule has 0 spiro atoms. The Morgan fingerprint density at radius 1 is 0.923 bits per heavy atom. The van der Waals surface area contributed by atoms with Crippen molar-refractivity contribution in [1.82, 2.24) is 9.88 Å². The second-order valence-corrected chi connectivity index (χ2v) is 6.99. The largest absolute Gasteiger partial charge is 0.361 e. The molecular weight excluding hydrogens is 320 g/mol. The number of fused-ring (bicyclic) bond motifs is 2. The van der Waals surface area contributed by atoms with Crippen molar-refractivity contribution < 1.29 is 4.79 Å². The molecule has 1 atom stereocenters. The highest BCUT2D eigenvalue weighted by Crippen LogP contribution is 2.37. The van der Waals surface area contributed by atoms with Gasteiger partial charge in [-0.2, -0.15) is 0 Å². The van der Waals surface area contributed by atoms with Gasteiger partial charge in [0.2, 0.25) is 5.91 Å². The number of carbonyl (C=O) groups excluding carboxylic acids is 1. The van der Waals surface area contributed by atoms with E-state index in [0.717, 1.165) is 18.5 Å². The van der Waals surface area contributed by atoms with Crippen molar-refractivity contribution in [1.29, 1.82) is 0 Å². The SMILES string of the molecule is O=C1CCCN1C(c1ccc2ccccc2c1)c1c[nH]c2ccccc12. The summed E-state index contributed by atoms with van der Waals surface area (Å²) in [5.74, 6) is 0.244. The van der Waals surface area contributed by atoms with Crippen LogP contribution in [-0.4, -0.2) is 22.3 Å². The lowest BCUT2D eigenvalue weighted by Crippen LogP contribution is -2.30. The molecule has 1 aliphatic rings. The van der Waals surface area contributed by atoms with Gasteiger partial charge in [-0.3, -0.25) is 4.79 Å². The quantitative estimate of drug-likeness (QED) is 0.558. The monoisotopic (exact) mass is 340 g/mol. The molecule has 1 N–H and O–H groups in total. The number of H-pyrrole nitrogens is 1. The smallest absolute Gasteiger partial charge is 0.223 e. The number of nitrogens with one attached hydrogen (secondary N) is 1. The summed E-state index contributed by atoms with van der Waals surface area (Å²) in [6, 6.07) is 23.2. The molecule has 1 saturated heterocycles. The Kier molecular flexibility index (Phi) is 3.52. The summed E-state index contributed by atoms with van der Waals surface area (Å²) >= 11 is 0. The molecule has 1 unspecified atom stereocenters. The van der Waals surface area contributed by atoms with Crippen molar-refractivity contribution >= 4 is 27.6 Å². The van der Waals surface area contributed by atoms with Gasteiger partial charge in [0.25, 0.3) is 0 Å². The molecule has 0 bridgehead atoms. The number of carbonyl (C=O) groups is 1. The van der Waals surface area contributed by atoms with E-state index in [-0.39, 0.29) is 11.9 Å². The van der Waals surface area contributed by atoms with Crippen LogP contribution in [0.25, 0.3) is 21.7 Å². The lowest BCUT2D eigenvalue weighted by atomic mass is 9.94. The topological polar surface area (TPSA) is 36.1 Å². The summed E-state index contributed by atoms with van der Waals surface area (Å²) in [7, 11) is 0. The molecule has 0 saturated carbocycles. The van der Waals surface area contributed by atoms with Crippen LogP contribution >= 0.6 is 0 Å². The highest BCUT2D eigenvalue weighted by molar-refractivity contribution is 5.87. The molecule has 5 rings (SSSR count). The van der Waals surface area contributed by atoms with Gasteiger partial charge in [-0.1, -0.05) is 54.6 Å². The van der Waals surface area contributed by atoms with Gasteiger partial charge in [0.05, 0.1) is 6.04 Å². The van der Waals surface area contributed by atoms with E-state index in [0.29, 0.717) is 6.42 Å². The predicted molar refractivity (Wildman–Crippen MR) is 105 cm³/mol. The van der Waals surface area contributed by atoms with E-state index in [1.807, 2.05) is 11.0 Å². The average Bonchev–Trinajstić information content (AvgIpc) is 3.29. The first-order valence-corrected chi connectivity index (χ1v) is 9.15. The summed E-state index contributed by atoms with van der Waals surface area (Å²) in [6.45, 7) is 0.815. The zero-order valence-corrected chi connectivity index (χ0v) is 14.5. The van der Waals surface area contributed by atoms with Crippen LogP contribution in [0.2, 0.25) is 0 Å². The molecule has 0 aliphatic carbocycles. The zero-order chi connectivity index (χ0) is 17.5. The second kappa shape index (κ2) is 6.03. The van der Waals surface area contributed by atoms with Gasteiger partial charge in [-0.25, -0.2) is 0 Å². The van der Waals surface area contributed by atoms with Crippen LogP contribution in [0.15, 0.2) is 72.9 Å². The molecule has 1 aromatic heterocycles. The minimum Gasteiger partial charge on any atom is -0.361 e. The van der Waals surface area contributed by atoms with Crippen LogP contribution in [0, 0.1) is 0 Å². The first kappa shape index (κ1) is 15.2. The van der Waals surface area contributed by atoms with Gasteiger partial charge >= 0.3 is 0 Å². The first-order chi connectivity index (χ1) is 12.8. The van der Waals surface area contributed by atoms with Crippen molar-refractivity contribution in [2.45, 2.75) is 18.9 Å². The number of nitrogens with zero attached hydrogens (tertiary/aromatic N) is 1. The maximum Gasteiger partial charge on any atom is 0.223 e. The summed E-state index contributed by atoms with van der Waals surface area (Å²) in [4.78, 5) is 18.0. The third-order valence-corrected chi connectivity index (χ3v) is 5.43. The highest BCUT2D eigenvalue weighted by atomic mass is 16.2. The number of hydrogen-bond acceptors (Lipinski definition) is 1. The number of likely N-dealkylation sites (tertiary alicyclic amines) is 1. The third kappa shape index (κ3) is 2.39. The fourth-order valence-corrected chi connectivity index (χ4v) is 4.17. The lowest BCUT2D eigenvalue weighted by Gasteiger charge is -2.28. The van der Waals surface area contributed by atoms with Crippen molar-refractivity contribution in [3.8, 4) is 0 Å². The Morgan fingerprint density at radius 3 is 2.58 bits per heavy atom. The van der Waals surface area contributed by atoms with Crippen LogP contribution in [0.1, 0.15) is 30.0 Å². The van der Waals surface area contributed by atoms with Crippen LogP contribution in [0.3, 0.4) is 0 Å².